The number of fused-ring (bicyclic) bond motifs is 1. The van der Waals surface area contributed by atoms with Crippen LogP contribution in [0.25, 0.3) is 0 Å². The highest BCUT2D eigenvalue weighted by molar-refractivity contribution is 5.78. The first-order chi connectivity index (χ1) is 10.6. The van der Waals surface area contributed by atoms with Crippen molar-refractivity contribution in [1.82, 2.24) is 20.0 Å². The molecule has 0 saturated heterocycles. The van der Waals surface area contributed by atoms with Crippen molar-refractivity contribution >= 4 is 11.9 Å². The van der Waals surface area contributed by atoms with Gasteiger partial charge in [-0.3, -0.25) is 19.2 Å². The fraction of sp³-hybridized carbons (Fsp3) is 0.667. The van der Waals surface area contributed by atoms with Gasteiger partial charge in [0.2, 0.25) is 5.91 Å². The molecule has 0 atom stereocenters. The lowest BCUT2D eigenvalue weighted by Crippen LogP contribution is -2.37. The highest BCUT2D eigenvalue weighted by Gasteiger charge is 2.23. The van der Waals surface area contributed by atoms with E-state index in [1.807, 2.05) is 15.6 Å². The summed E-state index contributed by atoms with van der Waals surface area (Å²) in [6, 6.07) is 1.96. The van der Waals surface area contributed by atoms with Crippen LogP contribution in [-0.4, -0.2) is 44.8 Å². The molecule has 0 radical (unpaired) electrons. The molecule has 1 aromatic heterocycles. The second-order valence-electron chi connectivity index (χ2n) is 6.15. The van der Waals surface area contributed by atoms with Gasteiger partial charge in [-0.2, -0.15) is 5.10 Å². The van der Waals surface area contributed by atoms with Gasteiger partial charge in [0.15, 0.2) is 0 Å². The highest BCUT2D eigenvalue weighted by Crippen LogP contribution is 2.24. The van der Waals surface area contributed by atoms with Crippen molar-refractivity contribution in [1.29, 1.82) is 0 Å². The second-order valence-corrected chi connectivity index (χ2v) is 6.15. The Kier molecular flexibility index (Phi) is 4.42. The molecule has 7 nitrogen and oxygen atoms in total. The van der Waals surface area contributed by atoms with Gasteiger partial charge in [0.1, 0.15) is 0 Å². The van der Waals surface area contributed by atoms with Crippen LogP contribution in [0.15, 0.2) is 6.07 Å². The van der Waals surface area contributed by atoms with Gasteiger partial charge in [0.25, 0.3) is 0 Å². The molecule has 0 bridgehead atoms. The normalized spacial score (nSPS) is 19.1. The summed E-state index contributed by atoms with van der Waals surface area (Å²) in [6.45, 7) is 2.48. The molecule has 1 aromatic rings. The Balaban J connectivity index is 1.55. The lowest BCUT2D eigenvalue weighted by molar-refractivity contribution is -0.138. The number of aromatic nitrogens is 2. The van der Waals surface area contributed by atoms with Crippen LogP contribution in [0.5, 0.6) is 0 Å². The van der Waals surface area contributed by atoms with E-state index in [9.17, 15) is 9.59 Å². The van der Waals surface area contributed by atoms with E-state index in [0.29, 0.717) is 26.2 Å². The average molecular weight is 306 g/mol. The maximum atomic E-state index is 12.0. The molecule has 7 heteroatoms. The van der Waals surface area contributed by atoms with Gasteiger partial charge >= 0.3 is 5.97 Å². The van der Waals surface area contributed by atoms with Crippen LogP contribution in [0.3, 0.4) is 0 Å². The van der Waals surface area contributed by atoms with Gasteiger partial charge in [-0.1, -0.05) is 12.8 Å². The molecular weight excluding hydrogens is 284 g/mol. The minimum Gasteiger partial charge on any atom is -0.480 e. The number of nitrogens with zero attached hydrogens (tertiary/aromatic N) is 3. The number of hydrogen-bond acceptors (Lipinski definition) is 4. The number of carboxylic acids is 1. The van der Waals surface area contributed by atoms with E-state index in [1.54, 1.807) is 0 Å². The van der Waals surface area contributed by atoms with Gasteiger partial charge < -0.3 is 10.4 Å². The number of carboxylic acid groups (broad SMARTS) is 1. The quantitative estimate of drug-likeness (QED) is 0.831. The molecule has 0 aromatic carbocycles. The van der Waals surface area contributed by atoms with E-state index in [-0.39, 0.29) is 18.4 Å². The fourth-order valence-corrected chi connectivity index (χ4v) is 3.30. The maximum absolute atomic E-state index is 12.0. The van der Waals surface area contributed by atoms with Crippen LogP contribution in [0.2, 0.25) is 0 Å². The lowest BCUT2D eigenvalue weighted by atomic mass is 10.1. The number of amides is 1. The van der Waals surface area contributed by atoms with Crippen LogP contribution in [0, 0.1) is 5.92 Å². The molecule has 2 heterocycles. The first kappa shape index (κ1) is 15.0. The van der Waals surface area contributed by atoms with Crippen LogP contribution >= 0.6 is 0 Å². The van der Waals surface area contributed by atoms with E-state index in [4.69, 9.17) is 5.11 Å². The number of hydrogen-bond donors (Lipinski definition) is 2. The molecular formula is C15H22N4O3. The smallest absolute Gasteiger partial charge is 0.317 e. The van der Waals surface area contributed by atoms with Crippen LogP contribution < -0.4 is 5.32 Å². The lowest BCUT2D eigenvalue weighted by Gasteiger charge is -2.25. The van der Waals surface area contributed by atoms with Gasteiger partial charge in [0, 0.05) is 19.0 Å². The summed E-state index contributed by atoms with van der Waals surface area (Å²) in [6.07, 6.45) is 4.29. The molecule has 1 amide bonds. The summed E-state index contributed by atoms with van der Waals surface area (Å²) in [5.41, 5.74) is 1.86. The summed E-state index contributed by atoms with van der Waals surface area (Å²) in [5.74, 6) is -0.503. The molecule has 3 rings (SSSR count). The van der Waals surface area contributed by atoms with Crippen LogP contribution in [-0.2, 0) is 29.2 Å². The average Bonchev–Trinajstić information content (AvgIpc) is 3.12. The Hall–Kier alpha value is -1.89. The fourth-order valence-electron chi connectivity index (χ4n) is 3.30. The Morgan fingerprint density at radius 1 is 1.32 bits per heavy atom. The molecule has 2 N–H and O–H groups in total. The number of aliphatic carboxylic acids is 1. The van der Waals surface area contributed by atoms with E-state index >= 15 is 0 Å². The van der Waals surface area contributed by atoms with Gasteiger partial charge in [0.05, 0.1) is 31.0 Å². The molecule has 1 aliphatic heterocycles. The summed E-state index contributed by atoms with van der Waals surface area (Å²) >= 11 is 0. The van der Waals surface area contributed by atoms with E-state index in [1.165, 1.54) is 0 Å². The van der Waals surface area contributed by atoms with Crippen molar-refractivity contribution in [2.75, 3.05) is 13.1 Å². The zero-order chi connectivity index (χ0) is 15.5. The van der Waals surface area contributed by atoms with Gasteiger partial charge in [-0.05, 0) is 18.9 Å². The summed E-state index contributed by atoms with van der Waals surface area (Å²) in [5, 5.41) is 16.3. The predicted molar refractivity (Wildman–Crippen MR) is 78.9 cm³/mol. The summed E-state index contributed by atoms with van der Waals surface area (Å²) < 4.78 is 1.91. The van der Waals surface area contributed by atoms with Crippen molar-refractivity contribution in [2.45, 2.75) is 45.3 Å². The van der Waals surface area contributed by atoms with Crippen LogP contribution in [0.4, 0.5) is 0 Å². The topological polar surface area (TPSA) is 87.5 Å². The Labute approximate surface area is 129 Å². The van der Waals surface area contributed by atoms with Crippen molar-refractivity contribution in [3.05, 3.63) is 17.5 Å². The van der Waals surface area contributed by atoms with Crippen molar-refractivity contribution in [3.8, 4) is 0 Å². The van der Waals surface area contributed by atoms with E-state index < -0.39 is 5.97 Å². The molecule has 22 heavy (non-hydrogen) atoms. The zero-order valence-electron chi connectivity index (χ0n) is 12.6. The zero-order valence-corrected chi connectivity index (χ0v) is 12.6. The van der Waals surface area contributed by atoms with Gasteiger partial charge in [-0.15, -0.1) is 0 Å². The minimum absolute atomic E-state index is 0.0545. The Bertz CT molecular complexity index is 563. The molecule has 120 valence electrons. The highest BCUT2D eigenvalue weighted by atomic mass is 16.4. The molecule has 0 unspecified atom stereocenters. The third-order valence-corrected chi connectivity index (χ3v) is 4.46. The third-order valence-electron chi connectivity index (χ3n) is 4.46. The van der Waals surface area contributed by atoms with Crippen molar-refractivity contribution < 1.29 is 14.7 Å². The first-order valence-corrected chi connectivity index (χ1v) is 7.89. The molecule has 1 saturated carbocycles. The third kappa shape index (κ3) is 3.47. The Morgan fingerprint density at radius 2 is 2.09 bits per heavy atom. The van der Waals surface area contributed by atoms with Crippen molar-refractivity contribution in [3.63, 3.8) is 0 Å². The molecule has 1 fully saturated rings. The summed E-state index contributed by atoms with van der Waals surface area (Å²) in [7, 11) is 0. The molecule has 2 aliphatic rings. The number of rotatable bonds is 5. The number of nitrogens with one attached hydrogen (secondary N) is 1. The first-order valence-electron chi connectivity index (χ1n) is 7.89. The van der Waals surface area contributed by atoms with E-state index in [2.05, 4.69) is 10.4 Å². The second kappa shape index (κ2) is 6.48. The van der Waals surface area contributed by atoms with Gasteiger partial charge in [-0.25, -0.2) is 0 Å². The number of carbonyl (C=O) groups excluding carboxylic acids is 1. The monoisotopic (exact) mass is 306 g/mol. The SMILES string of the molecule is O=C(O)CN1CCn2nc(CNC(=O)C3CCCC3)cc2C1. The Morgan fingerprint density at radius 3 is 2.82 bits per heavy atom. The largest absolute Gasteiger partial charge is 0.480 e. The van der Waals surface area contributed by atoms with E-state index in [0.717, 1.165) is 37.1 Å². The molecule has 0 spiro atoms. The minimum atomic E-state index is -0.808. The summed E-state index contributed by atoms with van der Waals surface area (Å²) in [4.78, 5) is 24.7. The standard InChI is InChI=1S/C15H22N4O3/c20-14(21)10-18-5-6-19-13(9-18)7-12(17-19)8-16-15(22)11-3-1-2-4-11/h7,11H,1-6,8-10H2,(H,16,22)(H,20,21). The predicted octanol–water partition coefficient (Wildman–Crippen LogP) is 0.590. The molecule has 1 aliphatic carbocycles. The van der Waals surface area contributed by atoms with Crippen LogP contribution in [0.1, 0.15) is 37.1 Å². The van der Waals surface area contributed by atoms with Crippen molar-refractivity contribution in [2.24, 2.45) is 5.92 Å². The maximum Gasteiger partial charge on any atom is 0.317 e. The number of carbonyl (C=O) groups is 2.